The maximum atomic E-state index is 12.0. The molecule has 0 bridgehead atoms. The lowest BCUT2D eigenvalue weighted by atomic mass is 9.96. The SMILES string of the molecule is CCOC(=O)c1ccc(Nc2ccc(NC(=O)C(C)(C)C)cn2)cc1. The van der Waals surface area contributed by atoms with Crippen LogP contribution in [0.3, 0.4) is 0 Å². The number of aromatic nitrogens is 1. The highest BCUT2D eigenvalue weighted by atomic mass is 16.5. The number of pyridine rings is 1. The van der Waals surface area contributed by atoms with Gasteiger partial charge in [0.15, 0.2) is 0 Å². The topological polar surface area (TPSA) is 80.3 Å². The molecule has 0 saturated carbocycles. The molecule has 2 aromatic rings. The van der Waals surface area contributed by atoms with E-state index < -0.39 is 5.41 Å². The van der Waals surface area contributed by atoms with Crippen LogP contribution in [-0.4, -0.2) is 23.5 Å². The predicted octanol–water partition coefficient (Wildman–Crippen LogP) is 3.99. The van der Waals surface area contributed by atoms with Crippen LogP contribution in [0.25, 0.3) is 0 Å². The van der Waals surface area contributed by atoms with Crippen molar-refractivity contribution in [1.29, 1.82) is 0 Å². The van der Waals surface area contributed by atoms with E-state index in [-0.39, 0.29) is 11.9 Å². The van der Waals surface area contributed by atoms with Gasteiger partial charge in [-0.25, -0.2) is 9.78 Å². The van der Waals surface area contributed by atoms with E-state index in [0.29, 0.717) is 23.7 Å². The van der Waals surface area contributed by atoms with E-state index in [0.717, 1.165) is 5.69 Å². The van der Waals surface area contributed by atoms with Crippen LogP contribution in [0, 0.1) is 5.41 Å². The summed E-state index contributed by atoms with van der Waals surface area (Å²) in [4.78, 5) is 27.9. The average Bonchev–Trinajstić information content (AvgIpc) is 2.56. The first-order valence-electron chi connectivity index (χ1n) is 8.11. The quantitative estimate of drug-likeness (QED) is 0.804. The van der Waals surface area contributed by atoms with Crippen molar-refractivity contribution in [3.63, 3.8) is 0 Å². The zero-order chi connectivity index (χ0) is 18.4. The van der Waals surface area contributed by atoms with E-state index in [2.05, 4.69) is 15.6 Å². The Morgan fingerprint density at radius 1 is 1.04 bits per heavy atom. The first-order valence-corrected chi connectivity index (χ1v) is 8.11. The summed E-state index contributed by atoms with van der Waals surface area (Å²) in [5.41, 5.74) is 1.48. The lowest BCUT2D eigenvalue weighted by Crippen LogP contribution is -2.27. The van der Waals surface area contributed by atoms with Gasteiger partial charge in [-0.3, -0.25) is 4.79 Å². The predicted molar refractivity (Wildman–Crippen MR) is 98.0 cm³/mol. The zero-order valence-corrected chi connectivity index (χ0v) is 14.9. The molecule has 0 saturated heterocycles. The van der Waals surface area contributed by atoms with Gasteiger partial charge in [0.1, 0.15) is 5.82 Å². The Morgan fingerprint density at radius 3 is 2.20 bits per heavy atom. The monoisotopic (exact) mass is 341 g/mol. The molecule has 2 N–H and O–H groups in total. The van der Waals surface area contributed by atoms with Gasteiger partial charge in [0, 0.05) is 11.1 Å². The number of nitrogens with one attached hydrogen (secondary N) is 2. The molecule has 0 unspecified atom stereocenters. The molecular weight excluding hydrogens is 318 g/mol. The molecule has 6 heteroatoms. The Labute approximate surface area is 147 Å². The van der Waals surface area contributed by atoms with Crippen LogP contribution in [0.4, 0.5) is 17.2 Å². The number of esters is 1. The van der Waals surface area contributed by atoms with Gasteiger partial charge in [0.25, 0.3) is 0 Å². The van der Waals surface area contributed by atoms with Crippen LogP contribution < -0.4 is 10.6 Å². The number of amides is 1. The first-order chi connectivity index (χ1) is 11.8. The largest absolute Gasteiger partial charge is 0.462 e. The molecule has 132 valence electrons. The minimum Gasteiger partial charge on any atom is -0.462 e. The van der Waals surface area contributed by atoms with Gasteiger partial charge >= 0.3 is 5.97 Å². The number of hydrogen-bond acceptors (Lipinski definition) is 5. The van der Waals surface area contributed by atoms with E-state index in [4.69, 9.17) is 4.74 Å². The van der Waals surface area contributed by atoms with Crippen LogP contribution in [0.2, 0.25) is 0 Å². The van der Waals surface area contributed by atoms with Crippen molar-refractivity contribution in [3.8, 4) is 0 Å². The second-order valence-corrected chi connectivity index (χ2v) is 6.56. The van der Waals surface area contributed by atoms with Crippen molar-refractivity contribution in [1.82, 2.24) is 4.98 Å². The van der Waals surface area contributed by atoms with Gasteiger partial charge in [0.2, 0.25) is 5.91 Å². The van der Waals surface area contributed by atoms with Crippen molar-refractivity contribution in [2.45, 2.75) is 27.7 Å². The highest BCUT2D eigenvalue weighted by Crippen LogP contribution is 2.20. The smallest absolute Gasteiger partial charge is 0.338 e. The minimum atomic E-state index is -0.461. The number of nitrogens with zero attached hydrogens (tertiary/aromatic N) is 1. The third kappa shape index (κ3) is 5.31. The molecule has 0 aliphatic heterocycles. The molecule has 6 nitrogen and oxygen atoms in total. The van der Waals surface area contributed by atoms with Gasteiger partial charge in [-0.05, 0) is 43.3 Å². The Hall–Kier alpha value is -2.89. The normalized spacial score (nSPS) is 10.9. The molecule has 0 aliphatic rings. The van der Waals surface area contributed by atoms with Crippen molar-refractivity contribution in [2.24, 2.45) is 5.41 Å². The molecule has 0 aliphatic carbocycles. The minimum absolute atomic E-state index is 0.0652. The van der Waals surface area contributed by atoms with Crippen molar-refractivity contribution in [2.75, 3.05) is 17.2 Å². The summed E-state index contributed by atoms with van der Waals surface area (Å²) in [6.45, 7) is 7.68. The van der Waals surface area contributed by atoms with E-state index in [1.54, 1.807) is 49.5 Å². The average molecular weight is 341 g/mol. The highest BCUT2D eigenvalue weighted by molar-refractivity contribution is 5.94. The number of hydrogen-bond donors (Lipinski definition) is 2. The number of carbonyl (C=O) groups is 2. The van der Waals surface area contributed by atoms with Gasteiger partial charge < -0.3 is 15.4 Å². The summed E-state index contributed by atoms with van der Waals surface area (Å²) in [5.74, 6) is 0.230. The summed E-state index contributed by atoms with van der Waals surface area (Å²) in [6.07, 6.45) is 1.60. The number of carbonyl (C=O) groups excluding carboxylic acids is 2. The van der Waals surface area contributed by atoms with Crippen LogP contribution >= 0.6 is 0 Å². The lowest BCUT2D eigenvalue weighted by Gasteiger charge is -2.17. The van der Waals surface area contributed by atoms with Crippen molar-refractivity contribution in [3.05, 3.63) is 48.2 Å². The number of anilines is 3. The summed E-state index contributed by atoms with van der Waals surface area (Å²) >= 11 is 0. The van der Waals surface area contributed by atoms with E-state index in [1.165, 1.54) is 0 Å². The third-order valence-corrected chi connectivity index (χ3v) is 3.37. The molecule has 0 fully saturated rings. The second kappa shape index (κ2) is 7.79. The highest BCUT2D eigenvalue weighted by Gasteiger charge is 2.21. The van der Waals surface area contributed by atoms with E-state index >= 15 is 0 Å². The molecule has 1 aromatic carbocycles. The molecule has 0 atom stereocenters. The third-order valence-electron chi connectivity index (χ3n) is 3.37. The molecule has 0 spiro atoms. The maximum absolute atomic E-state index is 12.0. The lowest BCUT2D eigenvalue weighted by molar-refractivity contribution is -0.123. The van der Waals surface area contributed by atoms with E-state index in [1.807, 2.05) is 20.8 Å². The molecule has 0 radical (unpaired) electrons. The Kier molecular flexibility index (Phi) is 5.75. The summed E-state index contributed by atoms with van der Waals surface area (Å²) in [7, 11) is 0. The summed E-state index contributed by atoms with van der Waals surface area (Å²) < 4.78 is 4.95. The summed E-state index contributed by atoms with van der Waals surface area (Å²) in [5, 5.41) is 5.96. The standard InChI is InChI=1S/C19H23N3O3/c1-5-25-17(23)13-6-8-14(9-7-13)21-16-11-10-15(12-20-16)22-18(24)19(2,3)4/h6-12H,5H2,1-4H3,(H,20,21)(H,22,24). The van der Waals surface area contributed by atoms with E-state index in [9.17, 15) is 9.59 Å². The zero-order valence-electron chi connectivity index (χ0n) is 14.9. The molecule has 1 heterocycles. The van der Waals surface area contributed by atoms with Crippen LogP contribution in [0.5, 0.6) is 0 Å². The van der Waals surface area contributed by atoms with Crippen molar-refractivity contribution < 1.29 is 14.3 Å². The first kappa shape index (κ1) is 18.4. The Morgan fingerprint density at radius 2 is 1.68 bits per heavy atom. The fraction of sp³-hybridized carbons (Fsp3) is 0.316. The molecule has 1 aromatic heterocycles. The van der Waals surface area contributed by atoms with Gasteiger partial charge in [-0.1, -0.05) is 20.8 Å². The number of ether oxygens (including phenoxy) is 1. The fourth-order valence-corrected chi connectivity index (χ4v) is 1.91. The number of rotatable bonds is 5. The van der Waals surface area contributed by atoms with Gasteiger partial charge in [0.05, 0.1) is 24.1 Å². The Bertz CT molecular complexity index is 732. The molecule has 25 heavy (non-hydrogen) atoms. The fourth-order valence-electron chi connectivity index (χ4n) is 1.91. The number of benzene rings is 1. The van der Waals surface area contributed by atoms with Crippen LogP contribution in [0.15, 0.2) is 42.6 Å². The molecule has 1 amide bonds. The maximum Gasteiger partial charge on any atom is 0.338 e. The van der Waals surface area contributed by atoms with Crippen LogP contribution in [0.1, 0.15) is 38.1 Å². The second-order valence-electron chi connectivity index (χ2n) is 6.56. The summed E-state index contributed by atoms with van der Waals surface area (Å²) in [6, 6.07) is 10.5. The van der Waals surface area contributed by atoms with Crippen LogP contribution in [-0.2, 0) is 9.53 Å². The van der Waals surface area contributed by atoms with Gasteiger partial charge in [-0.15, -0.1) is 0 Å². The van der Waals surface area contributed by atoms with Crippen molar-refractivity contribution >= 4 is 29.1 Å². The van der Waals surface area contributed by atoms with Gasteiger partial charge in [-0.2, -0.15) is 0 Å². The Balaban J connectivity index is 1.99. The molecular formula is C19H23N3O3. The molecule has 2 rings (SSSR count).